The van der Waals surface area contributed by atoms with E-state index in [0.717, 1.165) is 51.5 Å². The van der Waals surface area contributed by atoms with E-state index in [9.17, 15) is 19.5 Å². The van der Waals surface area contributed by atoms with E-state index in [-0.39, 0.29) is 17.2 Å². The molecule has 0 saturated heterocycles. The minimum Gasteiger partial charge on any atom is -0.394 e. The molecule has 0 aliphatic rings. The second-order valence-corrected chi connectivity index (χ2v) is 10.6. The first-order valence-corrected chi connectivity index (χ1v) is 13.5. The number of aliphatic hydroxyl groups excluding tert-OH is 1. The lowest BCUT2D eigenvalue weighted by atomic mass is 9.92. The number of hydrogen-bond donors (Lipinski definition) is 6. The molecule has 0 aromatic rings. The van der Waals surface area contributed by atoms with Crippen molar-refractivity contribution in [3.63, 3.8) is 0 Å². The molecule has 206 valence electrons. The third-order valence-electron chi connectivity index (χ3n) is 5.95. The number of amides is 3. The maximum Gasteiger partial charge on any atom is 0.245 e. The van der Waals surface area contributed by atoms with E-state index in [0.29, 0.717) is 32.4 Å². The highest BCUT2D eigenvalue weighted by atomic mass is 16.3. The molecule has 2 atom stereocenters. The minimum atomic E-state index is -1.08. The van der Waals surface area contributed by atoms with Crippen LogP contribution in [0.4, 0.5) is 0 Å². The summed E-state index contributed by atoms with van der Waals surface area (Å²) in [6, 6.07) is -1.81. The topological polar surface area (TPSA) is 160 Å². The van der Waals surface area contributed by atoms with Crippen LogP contribution in [0.1, 0.15) is 104 Å². The van der Waals surface area contributed by atoms with Crippen LogP contribution < -0.4 is 27.4 Å². The van der Waals surface area contributed by atoms with Gasteiger partial charge in [-0.15, -0.1) is 0 Å². The fourth-order valence-corrected chi connectivity index (χ4v) is 3.67. The van der Waals surface area contributed by atoms with E-state index < -0.39 is 24.6 Å². The van der Waals surface area contributed by atoms with E-state index in [1.165, 1.54) is 19.3 Å². The third-order valence-corrected chi connectivity index (χ3v) is 5.95. The van der Waals surface area contributed by atoms with Gasteiger partial charge in [-0.05, 0) is 57.0 Å². The molecule has 0 aliphatic heterocycles. The first kappa shape index (κ1) is 33.3. The third kappa shape index (κ3) is 19.2. The van der Waals surface area contributed by atoms with Gasteiger partial charge in [0.25, 0.3) is 0 Å². The number of unbranched alkanes of at least 4 members (excludes halogenated alkanes) is 8. The maximum atomic E-state index is 12.7. The molecule has 0 aromatic carbocycles. The average Bonchev–Trinajstić information content (AvgIpc) is 2.79. The summed E-state index contributed by atoms with van der Waals surface area (Å²) >= 11 is 0. The van der Waals surface area contributed by atoms with Gasteiger partial charge in [-0.3, -0.25) is 14.4 Å². The Kier molecular flexibility index (Phi) is 19.5. The van der Waals surface area contributed by atoms with Crippen LogP contribution in [-0.4, -0.2) is 61.2 Å². The van der Waals surface area contributed by atoms with Crippen LogP contribution in [0.3, 0.4) is 0 Å². The van der Waals surface area contributed by atoms with Crippen LogP contribution in [0, 0.1) is 5.41 Å². The number of nitrogens with one attached hydrogen (secondary N) is 3. The predicted molar refractivity (Wildman–Crippen MR) is 142 cm³/mol. The van der Waals surface area contributed by atoms with E-state index in [2.05, 4.69) is 36.7 Å². The van der Waals surface area contributed by atoms with Crippen LogP contribution in [0.2, 0.25) is 0 Å². The lowest BCUT2D eigenvalue weighted by Crippen LogP contribution is -2.55. The summed E-state index contributed by atoms with van der Waals surface area (Å²) in [7, 11) is 0. The monoisotopic (exact) mass is 499 g/mol. The summed E-state index contributed by atoms with van der Waals surface area (Å²) in [5.41, 5.74) is 11.1. The molecule has 0 radical (unpaired) electrons. The summed E-state index contributed by atoms with van der Waals surface area (Å²) in [6.45, 7) is 7.54. The SMILES string of the molecule is CC(C)(C)CCNC(=O)[C@H](CCCCN)NC(=O)[C@H](CO)NC(=O)CCCCCCCCCCN. The van der Waals surface area contributed by atoms with E-state index in [4.69, 9.17) is 11.5 Å². The van der Waals surface area contributed by atoms with Crippen molar-refractivity contribution in [2.45, 2.75) is 116 Å². The van der Waals surface area contributed by atoms with Gasteiger partial charge in [0.1, 0.15) is 12.1 Å². The Labute approximate surface area is 212 Å². The summed E-state index contributed by atoms with van der Waals surface area (Å²) in [5.74, 6) is -1.08. The smallest absolute Gasteiger partial charge is 0.245 e. The molecule has 0 heterocycles. The van der Waals surface area contributed by atoms with Gasteiger partial charge in [0.05, 0.1) is 6.61 Å². The largest absolute Gasteiger partial charge is 0.394 e. The molecule has 0 fully saturated rings. The van der Waals surface area contributed by atoms with Crippen LogP contribution >= 0.6 is 0 Å². The Hall–Kier alpha value is -1.71. The molecular formula is C26H53N5O4. The Morgan fingerprint density at radius 1 is 0.743 bits per heavy atom. The highest BCUT2D eigenvalue weighted by molar-refractivity contribution is 5.92. The number of aliphatic hydroxyl groups is 1. The van der Waals surface area contributed by atoms with E-state index >= 15 is 0 Å². The van der Waals surface area contributed by atoms with Crippen molar-refractivity contribution < 1.29 is 19.5 Å². The normalized spacial score (nSPS) is 13.2. The van der Waals surface area contributed by atoms with Crippen molar-refractivity contribution in [2.24, 2.45) is 16.9 Å². The Morgan fingerprint density at radius 3 is 1.83 bits per heavy atom. The molecule has 0 saturated carbocycles. The Balaban J connectivity index is 4.50. The molecule has 0 aliphatic carbocycles. The molecule has 35 heavy (non-hydrogen) atoms. The van der Waals surface area contributed by atoms with Gasteiger partial charge < -0.3 is 32.5 Å². The van der Waals surface area contributed by atoms with Crippen LogP contribution in [0.15, 0.2) is 0 Å². The van der Waals surface area contributed by atoms with Crippen molar-refractivity contribution in [1.82, 2.24) is 16.0 Å². The summed E-state index contributed by atoms with van der Waals surface area (Å²) in [5, 5.41) is 17.9. The Bertz CT molecular complexity index is 581. The maximum absolute atomic E-state index is 12.7. The van der Waals surface area contributed by atoms with Gasteiger partial charge in [0, 0.05) is 13.0 Å². The summed E-state index contributed by atoms with van der Waals surface area (Å²) < 4.78 is 0. The average molecular weight is 500 g/mol. The van der Waals surface area contributed by atoms with Gasteiger partial charge in [0.2, 0.25) is 17.7 Å². The zero-order valence-corrected chi connectivity index (χ0v) is 22.5. The van der Waals surface area contributed by atoms with Crippen LogP contribution in [-0.2, 0) is 14.4 Å². The zero-order valence-electron chi connectivity index (χ0n) is 22.5. The number of carbonyl (C=O) groups excluding carboxylic acids is 3. The second kappa shape index (κ2) is 20.5. The Morgan fingerprint density at radius 2 is 1.29 bits per heavy atom. The highest BCUT2D eigenvalue weighted by Gasteiger charge is 2.26. The molecule has 0 rings (SSSR count). The van der Waals surface area contributed by atoms with Crippen molar-refractivity contribution in [3.05, 3.63) is 0 Å². The van der Waals surface area contributed by atoms with Gasteiger partial charge in [-0.25, -0.2) is 0 Å². The molecule has 3 amide bonds. The molecule has 0 unspecified atom stereocenters. The van der Waals surface area contributed by atoms with Crippen LogP contribution in [0.25, 0.3) is 0 Å². The second-order valence-electron chi connectivity index (χ2n) is 10.6. The number of rotatable bonds is 21. The number of nitrogens with two attached hydrogens (primary N) is 2. The van der Waals surface area contributed by atoms with E-state index in [1.807, 2.05) is 0 Å². The lowest BCUT2D eigenvalue weighted by Gasteiger charge is -2.23. The standard InChI is InChI=1S/C26H53N5O4/c1-26(2,3)16-19-29-24(34)21(14-11-13-18-28)31-25(35)22(20-32)30-23(33)15-10-8-6-4-5-7-9-12-17-27/h21-22,32H,4-20,27-28H2,1-3H3,(H,29,34)(H,30,33)(H,31,35)/t21-,22-/m0/s1. The summed E-state index contributed by atoms with van der Waals surface area (Å²) in [4.78, 5) is 37.7. The lowest BCUT2D eigenvalue weighted by molar-refractivity contribution is -0.133. The van der Waals surface area contributed by atoms with Gasteiger partial charge >= 0.3 is 0 Å². The van der Waals surface area contributed by atoms with Crippen molar-refractivity contribution in [2.75, 3.05) is 26.2 Å². The van der Waals surface area contributed by atoms with Crippen LogP contribution in [0.5, 0.6) is 0 Å². The number of carbonyl (C=O) groups is 3. The van der Waals surface area contributed by atoms with Gasteiger partial charge in [-0.1, -0.05) is 59.3 Å². The quantitative estimate of drug-likeness (QED) is 0.133. The summed E-state index contributed by atoms with van der Waals surface area (Å²) in [6.07, 6.45) is 11.6. The highest BCUT2D eigenvalue weighted by Crippen LogP contribution is 2.17. The zero-order chi connectivity index (χ0) is 26.5. The minimum absolute atomic E-state index is 0.0856. The molecule has 0 bridgehead atoms. The number of hydrogen-bond acceptors (Lipinski definition) is 6. The van der Waals surface area contributed by atoms with Crippen molar-refractivity contribution in [3.8, 4) is 0 Å². The fourth-order valence-electron chi connectivity index (χ4n) is 3.67. The predicted octanol–water partition coefficient (Wildman–Crippen LogP) is 2.10. The molecule has 8 N–H and O–H groups in total. The molecular weight excluding hydrogens is 446 g/mol. The fraction of sp³-hybridized carbons (Fsp3) is 0.885. The van der Waals surface area contributed by atoms with Gasteiger partial charge in [0.15, 0.2) is 0 Å². The van der Waals surface area contributed by atoms with Crippen molar-refractivity contribution >= 4 is 17.7 Å². The van der Waals surface area contributed by atoms with E-state index in [1.54, 1.807) is 0 Å². The molecule has 0 spiro atoms. The van der Waals surface area contributed by atoms with Crippen molar-refractivity contribution in [1.29, 1.82) is 0 Å². The molecule has 0 aromatic heterocycles. The molecule has 9 heteroatoms. The molecule has 9 nitrogen and oxygen atoms in total. The first-order chi connectivity index (χ1) is 16.6. The van der Waals surface area contributed by atoms with Gasteiger partial charge in [-0.2, -0.15) is 0 Å². The first-order valence-electron chi connectivity index (χ1n) is 13.5.